The molecule has 0 aromatic heterocycles. The van der Waals surface area contributed by atoms with Crippen LogP contribution >= 0.6 is 0 Å². The smallest absolute Gasteiger partial charge is 1.00 e. The molecule has 60 heavy (non-hydrogen) atoms. The van der Waals surface area contributed by atoms with Crippen molar-refractivity contribution in [3.63, 3.8) is 0 Å². The van der Waals surface area contributed by atoms with Gasteiger partial charge in [-0.25, -0.2) is 0 Å². The monoisotopic (exact) mass is 904 g/mol. The van der Waals surface area contributed by atoms with Gasteiger partial charge in [-0.05, 0) is 0 Å². The topological polar surface area (TPSA) is 0 Å². The number of benzene rings is 4. The average Bonchev–Trinajstić information content (AvgIpc) is 3.82. The molecule has 0 spiro atoms. The maximum atomic E-state index is 2.85. The van der Waals surface area contributed by atoms with E-state index in [9.17, 15) is 0 Å². The van der Waals surface area contributed by atoms with Gasteiger partial charge in [-0.1, -0.05) is 0 Å². The molecule has 306 valence electrons. The molecule has 2 fully saturated rings. The van der Waals surface area contributed by atoms with Crippen LogP contribution in [0.1, 0.15) is 72.9 Å². The number of hydrogen-bond acceptors (Lipinski definition) is 0. The molecule has 0 bridgehead atoms. The van der Waals surface area contributed by atoms with Crippen LogP contribution < -0.4 is 24.8 Å². The van der Waals surface area contributed by atoms with Gasteiger partial charge in [0, 0.05) is 0 Å². The van der Waals surface area contributed by atoms with E-state index in [-0.39, 0.29) is 62.7 Å². The number of fused-ring (bicyclic) bond motifs is 10. The summed E-state index contributed by atoms with van der Waals surface area (Å²) < 4.78 is 4.15. The van der Waals surface area contributed by atoms with E-state index in [4.69, 9.17) is 0 Å². The quantitative estimate of drug-likeness (QED) is 0.182. The van der Waals surface area contributed by atoms with Crippen molar-refractivity contribution < 1.29 is 46.1 Å². The Morgan fingerprint density at radius 2 is 1.07 bits per heavy atom. The van der Waals surface area contributed by atoms with Crippen molar-refractivity contribution in [2.45, 2.75) is 78.3 Å². The first kappa shape index (κ1) is 43.3. The fourth-order valence-corrected chi connectivity index (χ4v) is 26.5. The zero-order chi connectivity index (χ0) is 40.3. The molecule has 6 aliphatic carbocycles. The fourth-order valence-electron chi connectivity index (χ4n) is 15.1. The first-order valence-electron chi connectivity index (χ1n) is 21.9. The molecule has 4 aromatic carbocycles. The minimum absolute atomic E-state index is 0. The molecule has 9 atom stereocenters. The van der Waals surface area contributed by atoms with E-state index in [0.29, 0.717) is 9.54 Å². The fraction of sp³-hybridized carbons (Fsp3) is 0.351. The number of hydrogen-bond donors (Lipinski definition) is 0. The van der Waals surface area contributed by atoms with Crippen molar-refractivity contribution in [3.05, 3.63) is 190 Å². The normalized spacial score (nSPS) is 36.2. The Balaban J connectivity index is 0.00000249. The summed E-state index contributed by atoms with van der Waals surface area (Å²) in [7, 11) is 0. The summed E-state index contributed by atoms with van der Waals surface area (Å²) in [6.45, 7) is 21.6. The Bertz CT molecular complexity index is 2610. The van der Waals surface area contributed by atoms with Crippen molar-refractivity contribution in [2.75, 3.05) is 0 Å². The van der Waals surface area contributed by atoms with Gasteiger partial charge in [-0.2, -0.15) is 0 Å². The molecule has 0 aliphatic heterocycles. The van der Waals surface area contributed by atoms with Crippen LogP contribution in [0.5, 0.6) is 0 Å². The molecule has 10 rings (SSSR count). The van der Waals surface area contributed by atoms with E-state index < -0.39 is 21.3 Å². The Kier molecular flexibility index (Phi) is 10.7. The molecule has 0 heterocycles. The largest absolute Gasteiger partial charge is 1.00 e. The van der Waals surface area contributed by atoms with E-state index in [1.165, 1.54) is 32.7 Å². The predicted octanol–water partition coefficient (Wildman–Crippen LogP) is 8.66. The standard InChI is InChI=1S/C29H37.C23H18.C5H5.2ClH.Zr/c1-21-14-13-15-22-20-27(6)25(4)18-10-9-16-23(25,2)24(3)17-11-12-19-26(24,5)29(27,8)28(21,22)7;1-3-16-22-18(8-1)10-5-12-20(22)14-7-15-21-13-6-11-19-9-2-4-17-23(19)21;1-2-4-5-3-1;;;/h9-20,22H,1-8H3;1-6,8-13,16-17H,14-15H2;1-3H,4H2;2*1H;/q;;;;;+2/p-2. The second-order valence-electron chi connectivity index (χ2n) is 20.0. The Morgan fingerprint density at radius 1 is 0.567 bits per heavy atom. The molecule has 0 N–H and O–H groups in total. The Hall–Kier alpha value is -3.35. The SMILES string of the molecule is CC1=CC=CC2[CH]([Zr+2]([C]3=CC=CC3)=[C](Cc3cccc4ccccc34)Cc3cccc4ccccc34)C3(C)C4(C)C=CC=CC4(C)C4(C)C=CC=CC4(C)C3(C)C12C.[Cl-].[Cl-]. The van der Waals surface area contributed by atoms with Crippen molar-refractivity contribution in [1.82, 2.24) is 0 Å². The van der Waals surface area contributed by atoms with Crippen molar-refractivity contribution in [1.29, 1.82) is 0 Å². The van der Waals surface area contributed by atoms with Crippen LogP contribution in [0.4, 0.5) is 0 Å². The third-order valence-electron chi connectivity index (χ3n) is 18.9. The van der Waals surface area contributed by atoms with Gasteiger partial charge in [0.1, 0.15) is 0 Å². The van der Waals surface area contributed by atoms with Crippen molar-refractivity contribution in [2.24, 2.45) is 43.8 Å². The first-order valence-corrected chi connectivity index (χ1v) is 25.8. The summed E-state index contributed by atoms with van der Waals surface area (Å²) in [5.41, 5.74) is 3.81. The Labute approximate surface area is 380 Å². The minimum atomic E-state index is -2.98. The molecular weight excluding hydrogens is 847 g/mol. The Morgan fingerprint density at radius 3 is 1.62 bits per heavy atom. The molecular formula is C57H60Cl2Zr. The summed E-state index contributed by atoms with van der Waals surface area (Å²) in [6.07, 6.45) is 38.6. The van der Waals surface area contributed by atoms with E-state index >= 15 is 0 Å². The van der Waals surface area contributed by atoms with Crippen LogP contribution in [0.25, 0.3) is 21.5 Å². The molecule has 0 saturated heterocycles. The molecule has 2 saturated carbocycles. The predicted molar refractivity (Wildman–Crippen MR) is 246 cm³/mol. The van der Waals surface area contributed by atoms with Crippen LogP contribution in [0.2, 0.25) is 3.63 Å². The average molecular weight is 907 g/mol. The van der Waals surface area contributed by atoms with Crippen LogP contribution in [-0.2, 0) is 34.1 Å². The van der Waals surface area contributed by atoms with Gasteiger partial charge >= 0.3 is 358 Å². The summed E-state index contributed by atoms with van der Waals surface area (Å²) >= 11 is -2.98. The summed E-state index contributed by atoms with van der Waals surface area (Å²) in [5, 5.41) is 5.51. The minimum Gasteiger partial charge on any atom is -1.00 e. The van der Waals surface area contributed by atoms with Crippen LogP contribution in [-0.4, -0.2) is 3.21 Å². The van der Waals surface area contributed by atoms with Gasteiger partial charge < -0.3 is 24.8 Å². The zero-order valence-electron chi connectivity index (χ0n) is 36.7. The molecule has 0 amide bonds. The molecule has 4 aromatic rings. The molecule has 6 aliphatic rings. The first-order chi connectivity index (χ1) is 27.8. The van der Waals surface area contributed by atoms with Crippen molar-refractivity contribution >= 4 is 24.8 Å². The van der Waals surface area contributed by atoms with Gasteiger partial charge in [0.05, 0.1) is 0 Å². The van der Waals surface area contributed by atoms with Gasteiger partial charge in [0.25, 0.3) is 0 Å². The molecule has 0 nitrogen and oxygen atoms in total. The van der Waals surface area contributed by atoms with E-state index in [1.807, 2.05) is 3.21 Å². The van der Waals surface area contributed by atoms with Crippen LogP contribution in [0, 0.1) is 43.8 Å². The van der Waals surface area contributed by atoms with E-state index in [0.717, 1.165) is 19.3 Å². The van der Waals surface area contributed by atoms with E-state index in [1.54, 1.807) is 8.85 Å². The number of rotatable bonds is 6. The maximum absolute atomic E-state index is 2.98. The number of allylic oxidation sites excluding steroid dienone is 16. The van der Waals surface area contributed by atoms with Gasteiger partial charge in [0.2, 0.25) is 0 Å². The third-order valence-corrected chi connectivity index (χ3v) is 28.1. The maximum Gasteiger partial charge on any atom is -1.00 e. The van der Waals surface area contributed by atoms with Gasteiger partial charge in [0.15, 0.2) is 0 Å². The second kappa shape index (κ2) is 14.9. The van der Waals surface area contributed by atoms with Gasteiger partial charge in [-0.3, -0.25) is 0 Å². The van der Waals surface area contributed by atoms with Gasteiger partial charge in [-0.15, -0.1) is 0 Å². The van der Waals surface area contributed by atoms with Crippen molar-refractivity contribution in [3.8, 4) is 0 Å². The summed E-state index contributed by atoms with van der Waals surface area (Å²) in [6, 6.07) is 32.4. The molecule has 0 radical (unpaired) electrons. The summed E-state index contributed by atoms with van der Waals surface area (Å²) in [5.74, 6) is 0.414. The van der Waals surface area contributed by atoms with E-state index in [2.05, 4.69) is 225 Å². The third kappa shape index (κ3) is 5.16. The zero-order valence-corrected chi connectivity index (χ0v) is 40.7. The summed E-state index contributed by atoms with van der Waals surface area (Å²) in [4.78, 5) is 0. The molecule has 3 heteroatoms. The van der Waals surface area contributed by atoms with Crippen LogP contribution in [0.3, 0.4) is 0 Å². The molecule has 9 unspecified atom stereocenters. The number of halogens is 2. The second-order valence-corrected chi connectivity index (χ2v) is 26.9. The van der Waals surface area contributed by atoms with Crippen LogP contribution in [0.15, 0.2) is 179 Å².